The molecule has 0 bridgehead atoms. The second-order valence-electron chi connectivity index (χ2n) is 5.78. The number of nitrogens with zero attached hydrogens (tertiary/aromatic N) is 4. The number of aromatic nitrogens is 4. The number of nitrogen functional groups attached to an aromatic ring is 1. The normalized spacial score (nSPS) is 28.7. The molecule has 1 aliphatic rings. The third-order valence-electron chi connectivity index (χ3n) is 3.69. The minimum Gasteiger partial charge on any atom is -0.756 e. The first-order chi connectivity index (χ1) is 13.3. The van der Waals surface area contributed by atoms with E-state index >= 15 is 0 Å². The van der Waals surface area contributed by atoms with Crippen LogP contribution in [0.5, 0.6) is 0 Å². The maximum Gasteiger partial charge on any atom is 0.280 e. The molecule has 0 aliphatic carbocycles. The van der Waals surface area contributed by atoms with Crippen molar-refractivity contribution >= 4 is 40.4 Å². The highest BCUT2D eigenvalue weighted by atomic mass is 31.3. The molecule has 29 heavy (non-hydrogen) atoms. The van der Waals surface area contributed by atoms with Gasteiger partial charge >= 0.3 is 0 Å². The van der Waals surface area contributed by atoms with E-state index in [2.05, 4.69) is 28.1 Å². The van der Waals surface area contributed by atoms with Crippen LogP contribution in [-0.4, -0.2) is 36.6 Å². The smallest absolute Gasteiger partial charge is 0.280 e. The first kappa shape index (κ1) is 22.4. The summed E-state index contributed by atoms with van der Waals surface area (Å²) in [6, 6.07) is 0. The van der Waals surface area contributed by atoms with Crippen molar-refractivity contribution in [2.24, 2.45) is 0 Å². The monoisotopic (exact) mass is 472 g/mol. The summed E-state index contributed by atoms with van der Waals surface area (Å²) in [4.78, 5) is 53.8. The summed E-state index contributed by atoms with van der Waals surface area (Å²) in [7, 11) is -17.4. The lowest BCUT2D eigenvalue weighted by Gasteiger charge is -2.34. The van der Waals surface area contributed by atoms with Gasteiger partial charge in [0, 0.05) is 6.42 Å². The molecule has 2 aromatic heterocycles. The summed E-state index contributed by atoms with van der Waals surface area (Å²) in [5, 5.41) is 0. The molecule has 16 nitrogen and oxygen atoms in total. The third kappa shape index (κ3) is 5.45. The molecule has 19 heteroatoms. The van der Waals surface area contributed by atoms with Crippen molar-refractivity contribution in [3.8, 4) is 0 Å². The molecular weight excluding hydrogens is 459 g/mol. The summed E-state index contributed by atoms with van der Waals surface area (Å²) in [5.41, 5.74) is 6.30. The number of imidazole rings is 1. The van der Waals surface area contributed by atoms with Gasteiger partial charge in [-0.05, 0) is 6.92 Å². The van der Waals surface area contributed by atoms with Crippen molar-refractivity contribution in [1.29, 1.82) is 0 Å². The average Bonchev–Trinajstić information content (AvgIpc) is 3.08. The van der Waals surface area contributed by atoms with Crippen molar-refractivity contribution in [3.05, 3.63) is 12.7 Å². The molecule has 0 saturated carbocycles. The fraction of sp³-hybridized carbons (Fsp3) is 0.500. The van der Waals surface area contributed by atoms with Crippen LogP contribution in [0.4, 0.5) is 5.82 Å². The minimum atomic E-state index is -5.98. The molecule has 2 aromatic rings. The van der Waals surface area contributed by atoms with Crippen LogP contribution in [0.2, 0.25) is 0 Å². The third-order valence-corrected chi connectivity index (χ3v) is 7.45. The van der Waals surface area contributed by atoms with Crippen LogP contribution in [-0.2, 0) is 31.6 Å². The molecule has 0 amide bonds. The number of hydrogen-bond donors (Lipinski definition) is 2. The van der Waals surface area contributed by atoms with Gasteiger partial charge in [0.05, 0.1) is 18.5 Å². The quantitative estimate of drug-likeness (QED) is 0.437. The van der Waals surface area contributed by atoms with E-state index in [1.807, 2.05) is 0 Å². The van der Waals surface area contributed by atoms with E-state index in [0.717, 1.165) is 0 Å². The Kier molecular flexibility index (Phi) is 6.00. The molecule has 1 aliphatic heterocycles. The second-order valence-corrected chi connectivity index (χ2v) is 10.0. The van der Waals surface area contributed by atoms with E-state index in [9.17, 15) is 28.4 Å². The SMILES string of the molecule is C[C@@H]1O[C@H](n2cnc3c(N)ncnc32)C[C@H]1OP(=O)([O-])OP(=O)([O-])OP(=O)([O-])O. The van der Waals surface area contributed by atoms with E-state index in [1.165, 1.54) is 24.1 Å². The minimum absolute atomic E-state index is 0.101. The molecular formula is C10H13N5O11P3-3. The van der Waals surface area contributed by atoms with Crippen molar-refractivity contribution in [3.63, 3.8) is 0 Å². The summed E-state index contributed by atoms with van der Waals surface area (Å²) in [5.74, 6) is 0.121. The van der Waals surface area contributed by atoms with E-state index in [-0.39, 0.29) is 12.2 Å². The maximum absolute atomic E-state index is 11.8. The molecule has 3 unspecified atom stereocenters. The van der Waals surface area contributed by atoms with Crippen LogP contribution in [0.15, 0.2) is 12.7 Å². The molecule has 0 spiro atoms. The van der Waals surface area contributed by atoms with Gasteiger partial charge in [-0.25, -0.2) is 23.6 Å². The predicted octanol–water partition coefficient (Wildman–Crippen LogP) is -1.47. The number of anilines is 1. The number of ether oxygens (including phenoxy) is 1. The Morgan fingerprint density at radius 3 is 2.55 bits per heavy atom. The Bertz CT molecular complexity index is 1060. The van der Waals surface area contributed by atoms with Gasteiger partial charge in [-0.3, -0.25) is 18.3 Å². The van der Waals surface area contributed by atoms with Crippen LogP contribution < -0.4 is 20.4 Å². The van der Waals surface area contributed by atoms with E-state index in [4.69, 9.17) is 15.4 Å². The fourth-order valence-electron chi connectivity index (χ4n) is 2.62. The predicted molar refractivity (Wildman–Crippen MR) is 86.0 cm³/mol. The Balaban J connectivity index is 1.72. The molecule has 1 saturated heterocycles. The molecule has 0 aromatic carbocycles. The van der Waals surface area contributed by atoms with Gasteiger partial charge in [0.1, 0.15) is 18.1 Å². The first-order valence-corrected chi connectivity index (χ1v) is 12.0. The molecule has 3 N–H and O–H groups in total. The summed E-state index contributed by atoms with van der Waals surface area (Å²) < 4.78 is 52.1. The zero-order valence-corrected chi connectivity index (χ0v) is 17.0. The maximum atomic E-state index is 11.8. The van der Waals surface area contributed by atoms with Crippen LogP contribution in [0, 0.1) is 0 Å². The summed E-state index contributed by atoms with van der Waals surface area (Å²) in [6.45, 7) is 1.44. The van der Waals surface area contributed by atoms with Crippen LogP contribution in [0.25, 0.3) is 11.2 Å². The Labute approximate surface area is 162 Å². The average molecular weight is 472 g/mol. The molecule has 1 fully saturated rings. The van der Waals surface area contributed by atoms with Gasteiger partial charge in [0.2, 0.25) is 0 Å². The van der Waals surface area contributed by atoms with Crippen molar-refractivity contribution in [2.75, 3.05) is 5.73 Å². The van der Waals surface area contributed by atoms with Crippen LogP contribution >= 0.6 is 23.5 Å². The number of nitrogens with two attached hydrogens (primary N) is 1. The van der Waals surface area contributed by atoms with E-state index < -0.39 is 41.9 Å². The summed E-state index contributed by atoms with van der Waals surface area (Å²) >= 11 is 0. The Hall–Kier alpha value is -1.28. The number of phosphoric ester groups is 1. The van der Waals surface area contributed by atoms with Crippen molar-refractivity contribution < 1.29 is 51.2 Å². The lowest BCUT2D eigenvalue weighted by atomic mass is 10.2. The Morgan fingerprint density at radius 2 is 1.90 bits per heavy atom. The lowest BCUT2D eigenvalue weighted by Crippen LogP contribution is -2.24. The topological polar surface area (TPSA) is 247 Å². The highest BCUT2D eigenvalue weighted by Gasteiger charge is 2.38. The first-order valence-electron chi connectivity index (χ1n) is 7.62. The van der Waals surface area contributed by atoms with Crippen LogP contribution in [0.1, 0.15) is 19.6 Å². The van der Waals surface area contributed by atoms with Gasteiger partial charge in [-0.1, -0.05) is 0 Å². The van der Waals surface area contributed by atoms with Gasteiger partial charge < -0.3 is 34.6 Å². The van der Waals surface area contributed by atoms with E-state index in [1.54, 1.807) is 0 Å². The van der Waals surface area contributed by atoms with E-state index in [0.29, 0.717) is 11.2 Å². The molecule has 162 valence electrons. The number of rotatable bonds is 7. The van der Waals surface area contributed by atoms with Gasteiger partial charge in [-0.15, -0.1) is 0 Å². The number of hydrogen-bond acceptors (Lipinski definition) is 14. The Morgan fingerprint density at radius 1 is 1.21 bits per heavy atom. The van der Waals surface area contributed by atoms with Gasteiger partial charge in [-0.2, -0.15) is 0 Å². The second kappa shape index (κ2) is 7.76. The zero-order chi connectivity index (χ0) is 21.6. The molecule has 3 heterocycles. The standard InChI is InChI=1S/C10H16N5O11P3/c1-5-6(24-28(19,20)26-29(21,22)25-27(16,17)18)2-7(23-5)15-4-14-8-9(11)12-3-13-10(8)15/h3-7H,2H2,1H3,(H,19,20)(H,21,22)(H2,11,12,13)(H2,16,17,18)/p-3/t5-,6+,7-/m0/s1. The summed E-state index contributed by atoms with van der Waals surface area (Å²) in [6.07, 6.45) is -0.440. The highest BCUT2D eigenvalue weighted by Crippen LogP contribution is 2.62. The largest absolute Gasteiger partial charge is 0.756 e. The van der Waals surface area contributed by atoms with Gasteiger partial charge in [0.25, 0.3) is 23.5 Å². The van der Waals surface area contributed by atoms with Crippen molar-refractivity contribution in [1.82, 2.24) is 19.5 Å². The molecule has 6 atom stereocenters. The molecule has 0 radical (unpaired) electrons. The highest BCUT2D eigenvalue weighted by molar-refractivity contribution is 7.65. The molecule has 3 rings (SSSR count). The lowest BCUT2D eigenvalue weighted by molar-refractivity contribution is -0.251. The number of phosphoric acid groups is 3. The fourth-order valence-corrected chi connectivity index (χ4v) is 5.74. The van der Waals surface area contributed by atoms with Crippen molar-refractivity contribution in [2.45, 2.75) is 31.8 Å². The zero-order valence-electron chi connectivity index (χ0n) is 14.3. The number of fused-ring (bicyclic) bond motifs is 1. The van der Waals surface area contributed by atoms with Crippen LogP contribution in [0.3, 0.4) is 0 Å². The van der Waals surface area contributed by atoms with Gasteiger partial charge in [0.15, 0.2) is 11.5 Å².